The Hall–Kier alpha value is -3.39. The highest BCUT2D eigenvalue weighted by atomic mass is 32.2. The molecular weight excluding hydrogens is 395 g/mol. The topological polar surface area (TPSA) is 84.5 Å². The van der Waals surface area contributed by atoms with Crippen LogP contribution in [0.2, 0.25) is 0 Å². The van der Waals surface area contributed by atoms with Crippen LogP contribution < -0.4 is 14.8 Å². The number of halogens is 1. The molecule has 0 saturated carbocycles. The van der Waals surface area contributed by atoms with E-state index in [0.29, 0.717) is 17.9 Å². The summed E-state index contributed by atoms with van der Waals surface area (Å²) >= 11 is 0. The standard InChI is InChI=1S/C21H19FN2O4S/c1-28-20-5-3-2-4-16(20)14-23-21(25)15-6-10-18(11-7-15)24-29(26,27)19-12-8-17(22)9-13-19/h2-13,24H,14H2,1H3,(H,23,25). The SMILES string of the molecule is COc1ccccc1CNC(=O)c1ccc(NS(=O)(=O)c2ccc(F)cc2)cc1. The van der Waals surface area contributed by atoms with Crippen molar-refractivity contribution in [1.82, 2.24) is 5.32 Å². The summed E-state index contributed by atoms with van der Waals surface area (Å²) in [4.78, 5) is 12.3. The van der Waals surface area contributed by atoms with Gasteiger partial charge in [0.25, 0.3) is 15.9 Å². The predicted octanol–water partition coefficient (Wildman–Crippen LogP) is 3.57. The van der Waals surface area contributed by atoms with Gasteiger partial charge in [-0.15, -0.1) is 0 Å². The molecule has 6 nitrogen and oxygen atoms in total. The van der Waals surface area contributed by atoms with Crippen molar-refractivity contribution in [2.45, 2.75) is 11.4 Å². The second-order valence-electron chi connectivity index (χ2n) is 6.13. The van der Waals surface area contributed by atoms with E-state index in [1.807, 2.05) is 24.3 Å². The van der Waals surface area contributed by atoms with Gasteiger partial charge in [0.15, 0.2) is 0 Å². The minimum absolute atomic E-state index is 0.0578. The third kappa shape index (κ3) is 5.11. The van der Waals surface area contributed by atoms with E-state index in [9.17, 15) is 17.6 Å². The van der Waals surface area contributed by atoms with Gasteiger partial charge in [-0.25, -0.2) is 12.8 Å². The van der Waals surface area contributed by atoms with Crippen LogP contribution in [0.15, 0.2) is 77.7 Å². The third-order valence-electron chi connectivity index (χ3n) is 4.16. The summed E-state index contributed by atoms with van der Waals surface area (Å²) in [6, 6.07) is 17.9. The number of amides is 1. The lowest BCUT2D eigenvalue weighted by atomic mass is 10.1. The van der Waals surface area contributed by atoms with Crippen molar-refractivity contribution in [2.75, 3.05) is 11.8 Å². The summed E-state index contributed by atoms with van der Waals surface area (Å²) in [5, 5.41) is 2.80. The maximum atomic E-state index is 13.0. The second-order valence-corrected chi connectivity index (χ2v) is 7.81. The van der Waals surface area contributed by atoms with Gasteiger partial charge in [-0.3, -0.25) is 9.52 Å². The molecule has 0 aliphatic carbocycles. The fourth-order valence-corrected chi connectivity index (χ4v) is 3.70. The van der Waals surface area contributed by atoms with E-state index in [0.717, 1.165) is 17.7 Å². The number of nitrogens with one attached hydrogen (secondary N) is 2. The minimum atomic E-state index is -3.85. The fraction of sp³-hybridized carbons (Fsp3) is 0.0952. The molecule has 8 heteroatoms. The van der Waals surface area contributed by atoms with E-state index in [1.165, 1.54) is 36.4 Å². The number of methoxy groups -OCH3 is 1. The van der Waals surface area contributed by atoms with Crippen LogP contribution in [0.4, 0.5) is 10.1 Å². The molecule has 0 aromatic heterocycles. The van der Waals surface area contributed by atoms with Crippen molar-refractivity contribution in [1.29, 1.82) is 0 Å². The summed E-state index contributed by atoms with van der Waals surface area (Å²) in [5.74, 6) is -0.144. The monoisotopic (exact) mass is 414 g/mol. The molecule has 0 saturated heterocycles. The molecule has 3 rings (SSSR count). The van der Waals surface area contributed by atoms with Gasteiger partial charge in [0, 0.05) is 23.4 Å². The highest BCUT2D eigenvalue weighted by Gasteiger charge is 2.15. The van der Waals surface area contributed by atoms with Crippen LogP contribution in [0.5, 0.6) is 5.75 Å². The Labute approximate surface area is 168 Å². The van der Waals surface area contributed by atoms with Gasteiger partial charge in [-0.1, -0.05) is 18.2 Å². The lowest BCUT2D eigenvalue weighted by molar-refractivity contribution is 0.0950. The molecule has 0 fully saturated rings. The summed E-state index contributed by atoms with van der Waals surface area (Å²) in [6.07, 6.45) is 0. The van der Waals surface area contributed by atoms with E-state index in [-0.39, 0.29) is 16.5 Å². The Kier molecular flexibility index (Phi) is 6.13. The van der Waals surface area contributed by atoms with Crippen molar-refractivity contribution in [3.8, 4) is 5.75 Å². The van der Waals surface area contributed by atoms with Crippen LogP contribution in [-0.4, -0.2) is 21.4 Å². The molecule has 0 aliphatic rings. The Balaban J connectivity index is 1.65. The van der Waals surface area contributed by atoms with Gasteiger partial charge >= 0.3 is 0 Å². The first-order valence-electron chi connectivity index (χ1n) is 8.67. The van der Waals surface area contributed by atoms with Crippen molar-refractivity contribution >= 4 is 21.6 Å². The van der Waals surface area contributed by atoms with E-state index in [1.54, 1.807) is 7.11 Å². The number of rotatable bonds is 7. The third-order valence-corrected chi connectivity index (χ3v) is 5.55. The summed E-state index contributed by atoms with van der Waals surface area (Å²) in [7, 11) is -2.29. The molecule has 0 aliphatic heterocycles. The summed E-state index contributed by atoms with van der Waals surface area (Å²) in [5.41, 5.74) is 1.51. The van der Waals surface area contributed by atoms with Crippen molar-refractivity contribution in [2.24, 2.45) is 0 Å². The summed E-state index contributed by atoms with van der Waals surface area (Å²) in [6.45, 7) is 0.293. The predicted molar refractivity (Wildman–Crippen MR) is 108 cm³/mol. The zero-order valence-electron chi connectivity index (χ0n) is 15.6. The first kappa shape index (κ1) is 20.3. The van der Waals surface area contributed by atoms with Crippen molar-refractivity contribution < 1.29 is 22.3 Å². The zero-order chi connectivity index (χ0) is 20.9. The van der Waals surface area contributed by atoms with Crippen LogP contribution in [0.1, 0.15) is 15.9 Å². The first-order valence-corrected chi connectivity index (χ1v) is 10.2. The first-order chi connectivity index (χ1) is 13.9. The molecule has 150 valence electrons. The van der Waals surface area contributed by atoms with Gasteiger partial charge in [0.2, 0.25) is 0 Å². The molecule has 2 N–H and O–H groups in total. The molecule has 0 unspecified atom stereocenters. The molecule has 0 spiro atoms. The van der Waals surface area contributed by atoms with Crippen LogP contribution in [-0.2, 0) is 16.6 Å². The number of carbonyl (C=O) groups excluding carboxylic acids is 1. The molecule has 3 aromatic carbocycles. The number of anilines is 1. The van der Waals surface area contributed by atoms with Gasteiger partial charge in [-0.2, -0.15) is 0 Å². The number of benzene rings is 3. The van der Waals surface area contributed by atoms with Crippen LogP contribution >= 0.6 is 0 Å². The maximum absolute atomic E-state index is 13.0. The summed E-state index contributed by atoms with van der Waals surface area (Å²) < 4.78 is 45.3. The molecule has 3 aromatic rings. The molecule has 1 amide bonds. The quantitative estimate of drug-likeness (QED) is 0.619. The number of para-hydroxylation sites is 1. The highest BCUT2D eigenvalue weighted by molar-refractivity contribution is 7.92. The van der Waals surface area contributed by atoms with Crippen LogP contribution in [0.25, 0.3) is 0 Å². The highest BCUT2D eigenvalue weighted by Crippen LogP contribution is 2.18. The van der Waals surface area contributed by atoms with Gasteiger partial charge in [-0.05, 0) is 54.6 Å². The molecule has 0 heterocycles. The van der Waals surface area contributed by atoms with Crippen molar-refractivity contribution in [3.63, 3.8) is 0 Å². The van der Waals surface area contributed by atoms with E-state index >= 15 is 0 Å². The van der Waals surface area contributed by atoms with Gasteiger partial charge in [0.05, 0.1) is 12.0 Å². The van der Waals surface area contributed by atoms with Gasteiger partial charge < -0.3 is 10.1 Å². The van der Waals surface area contributed by atoms with Crippen molar-refractivity contribution in [3.05, 3.63) is 89.7 Å². The van der Waals surface area contributed by atoms with Crippen LogP contribution in [0, 0.1) is 5.82 Å². The average molecular weight is 414 g/mol. The molecule has 0 radical (unpaired) electrons. The second kappa shape index (κ2) is 8.74. The largest absolute Gasteiger partial charge is 0.496 e. The lowest BCUT2D eigenvalue weighted by Crippen LogP contribution is -2.23. The minimum Gasteiger partial charge on any atom is -0.496 e. The smallest absolute Gasteiger partial charge is 0.261 e. The molecule has 0 bridgehead atoms. The fourth-order valence-electron chi connectivity index (χ4n) is 2.64. The number of hydrogen-bond donors (Lipinski definition) is 2. The van der Waals surface area contributed by atoms with E-state index in [4.69, 9.17) is 4.74 Å². The Morgan fingerprint density at radius 1 is 0.966 bits per heavy atom. The number of hydrogen-bond acceptors (Lipinski definition) is 4. The molecular formula is C21H19FN2O4S. The Bertz CT molecular complexity index is 1100. The Morgan fingerprint density at radius 3 is 2.28 bits per heavy atom. The number of sulfonamides is 1. The number of carbonyl (C=O) groups is 1. The normalized spacial score (nSPS) is 11.0. The van der Waals surface area contributed by atoms with E-state index in [2.05, 4.69) is 10.0 Å². The van der Waals surface area contributed by atoms with E-state index < -0.39 is 15.8 Å². The average Bonchev–Trinajstić information content (AvgIpc) is 2.72. The molecule has 29 heavy (non-hydrogen) atoms. The maximum Gasteiger partial charge on any atom is 0.261 e. The lowest BCUT2D eigenvalue weighted by Gasteiger charge is -2.11. The zero-order valence-corrected chi connectivity index (χ0v) is 16.4. The number of ether oxygens (including phenoxy) is 1. The Morgan fingerprint density at radius 2 is 1.62 bits per heavy atom. The van der Waals surface area contributed by atoms with Crippen LogP contribution in [0.3, 0.4) is 0 Å². The van der Waals surface area contributed by atoms with Gasteiger partial charge in [0.1, 0.15) is 11.6 Å². The molecule has 0 atom stereocenters.